The highest BCUT2D eigenvalue weighted by Gasteiger charge is 2.10. The average molecular weight is 290 g/mol. The largest absolute Gasteiger partial charge is 0.310 e. The van der Waals surface area contributed by atoms with E-state index >= 15 is 0 Å². The van der Waals surface area contributed by atoms with E-state index in [2.05, 4.69) is 5.32 Å². The lowest BCUT2D eigenvalue weighted by molar-refractivity contribution is 0.561. The summed E-state index contributed by atoms with van der Waals surface area (Å²) in [6.07, 6.45) is 0.630. The van der Waals surface area contributed by atoms with Crippen LogP contribution in [0, 0.1) is 0 Å². The highest BCUT2D eigenvalue weighted by atomic mass is 35.5. The zero-order chi connectivity index (χ0) is 13.6. The lowest BCUT2D eigenvalue weighted by atomic mass is 10.1. The molecule has 0 aliphatic rings. The Hall–Kier alpha value is -0.580. The van der Waals surface area contributed by atoms with Gasteiger partial charge in [-0.3, -0.25) is 0 Å². The third kappa shape index (κ3) is 4.96. The van der Waals surface area contributed by atoms with Crippen molar-refractivity contribution in [1.29, 1.82) is 0 Å². The number of nitrogens with one attached hydrogen (secondary N) is 1. The van der Waals surface area contributed by atoms with Crippen LogP contribution in [0.4, 0.5) is 0 Å². The van der Waals surface area contributed by atoms with E-state index in [9.17, 15) is 8.42 Å². The van der Waals surface area contributed by atoms with Crippen molar-refractivity contribution in [3.8, 4) is 0 Å². The van der Waals surface area contributed by atoms with Crippen LogP contribution in [0.1, 0.15) is 31.9 Å². The minimum Gasteiger partial charge on any atom is -0.310 e. The summed E-state index contributed by atoms with van der Waals surface area (Å²) in [5, 5.41) is 4.02. The molecule has 1 aromatic carbocycles. The Morgan fingerprint density at radius 2 is 2.00 bits per heavy atom. The van der Waals surface area contributed by atoms with Crippen molar-refractivity contribution in [3.63, 3.8) is 0 Å². The van der Waals surface area contributed by atoms with Crippen LogP contribution in [-0.2, 0) is 9.84 Å². The van der Waals surface area contributed by atoms with Crippen LogP contribution >= 0.6 is 11.6 Å². The van der Waals surface area contributed by atoms with Crippen LogP contribution in [0.3, 0.4) is 0 Å². The standard InChI is InChI=1S/C13H20ClNO2S/c1-3-18(16,17)10-6-9-15-11(2)12-7-4-5-8-13(12)14/h4-5,7-8,11,15H,3,6,9-10H2,1-2H3. The summed E-state index contributed by atoms with van der Waals surface area (Å²) in [7, 11) is -2.86. The maximum atomic E-state index is 11.3. The topological polar surface area (TPSA) is 46.2 Å². The van der Waals surface area contributed by atoms with Crippen LogP contribution in [0.5, 0.6) is 0 Å². The van der Waals surface area contributed by atoms with Gasteiger partial charge in [-0.1, -0.05) is 36.7 Å². The molecule has 0 fully saturated rings. The molecule has 0 aromatic heterocycles. The van der Waals surface area contributed by atoms with Gasteiger partial charge < -0.3 is 5.32 Å². The zero-order valence-electron chi connectivity index (χ0n) is 10.8. The predicted octanol–water partition coefficient (Wildman–Crippen LogP) is 2.82. The van der Waals surface area contributed by atoms with Gasteiger partial charge in [0.15, 0.2) is 0 Å². The van der Waals surface area contributed by atoms with Crippen molar-refractivity contribution in [2.45, 2.75) is 26.3 Å². The molecule has 1 aromatic rings. The summed E-state index contributed by atoms with van der Waals surface area (Å²) in [6, 6.07) is 7.80. The molecule has 1 N–H and O–H groups in total. The molecular formula is C13H20ClNO2S. The second-order valence-corrected chi connectivity index (χ2v) is 7.17. The Balaban J connectivity index is 2.39. The first-order chi connectivity index (χ1) is 8.46. The Morgan fingerprint density at radius 3 is 2.61 bits per heavy atom. The maximum Gasteiger partial charge on any atom is 0.150 e. The number of rotatable bonds is 7. The molecule has 0 saturated carbocycles. The highest BCUT2D eigenvalue weighted by Crippen LogP contribution is 2.21. The van der Waals surface area contributed by atoms with Gasteiger partial charge in [-0.25, -0.2) is 8.42 Å². The molecular weight excluding hydrogens is 270 g/mol. The molecule has 102 valence electrons. The fraction of sp³-hybridized carbons (Fsp3) is 0.538. The second-order valence-electron chi connectivity index (χ2n) is 4.29. The summed E-state index contributed by atoms with van der Waals surface area (Å²) in [5.41, 5.74) is 1.04. The van der Waals surface area contributed by atoms with Gasteiger partial charge in [0.25, 0.3) is 0 Å². The summed E-state index contributed by atoms with van der Waals surface area (Å²) in [5.74, 6) is 0.457. The fourth-order valence-corrected chi connectivity index (χ4v) is 2.86. The fourth-order valence-electron chi connectivity index (χ4n) is 1.69. The third-order valence-electron chi connectivity index (χ3n) is 2.89. The first-order valence-electron chi connectivity index (χ1n) is 6.14. The number of hydrogen-bond donors (Lipinski definition) is 1. The highest BCUT2D eigenvalue weighted by molar-refractivity contribution is 7.91. The van der Waals surface area contributed by atoms with E-state index in [-0.39, 0.29) is 17.5 Å². The van der Waals surface area contributed by atoms with E-state index in [1.54, 1.807) is 6.92 Å². The van der Waals surface area contributed by atoms with Crippen molar-refractivity contribution in [1.82, 2.24) is 5.32 Å². The van der Waals surface area contributed by atoms with E-state index in [4.69, 9.17) is 11.6 Å². The molecule has 0 aliphatic heterocycles. The van der Waals surface area contributed by atoms with Crippen LogP contribution in [0.25, 0.3) is 0 Å². The molecule has 0 spiro atoms. The van der Waals surface area contributed by atoms with Gasteiger partial charge in [-0.2, -0.15) is 0 Å². The number of halogens is 1. The van der Waals surface area contributed by atoms with Crippen LogP contribution in [0.2, 0.25) is 5.02 Å². The van der Waals surface area contributed by atoms with Gasteiger partial charge in [-0.05, 0) is 31.5 Å². The van der Waals surface area contributed by atoms with Gasteiger partial charge in [0.2, 0.25) is 0 Å². The summed E-state index contributed by atoms with van der Waals surface area (Å²) in [6.45, 7) is 4.37. The number of benzene rings is 1. The zero-order valence-corrected chi connectivity index (χ0v) is 12.4. The monoisotopic (exact) mass is 289 g/mol. The molecule has 0 heterocycles. The Labute approximate surface area is 114 Å². The first kappa shape index (κ1) is 15.5. The Kier molecular flexibility index (Phi) is 6.12. The lowest BCUT2D eigenvalue weighted by Crippen LogP contribution is -2.22. The molecule has 5 heteroatoms. The minimum atomic E-state index is -2.86. The van der Waals surface area contributed by atoms with Gasteiger partial charge in [0.1, 0.15) is 9.84 Å². The van der Waals surface area contributed by atoms with E-state index in [1.807, 2.05) is 31.2 Å². The molecule has 0 amide bonds. The predicted molar refractivity (Wildman–Crippen MR) is 76.8 cm³/mol. The quantitative estimate of drug-likeness (QED) is 0.785. The lowest BCUT2D eigenvalue weighted by Gasteiger charge is -2.15. The number of sulfone groups is 1. The Bertz CT molecular complexity index is 474. The molecule has 1 rings (SSSR count). The van der Waals surface area contributed by atoms with Crippen molar-refractivity contribution in [3.05, 3.63) is 34.9 Å². The van der Waals surface area contributed by atoms with Crippen molar-refractivity contribution < 1.29 is 8.42 Å². The molecule has 18 heavy (non-hydrogen) atoms. The minimum absolute atomic E-state index is 0.128. The number of hydrogen-bond acceptors (Lipinski definition) is 3. The van der Waals surface area contributed by atoms with Gasteiger partial charge >= 0.3 is 0 Å². The van der Waals surface area contributed by atoms with Crippen molar-refractivity contribution in [2.24, 2.45) is 0 Å². The second kappa shape index (κ2) is 7.12. The third-order valence-corrected chi connectivity index (χ3v) is 5.03. The molecule has 0 saturated heterocycles. The van der Waals surface area contributed by atoms with Crippen LogP contribution in [-0.4, -0.2) is 26.5 Å². The molecule has 1 unspecified atom stereocenters. The molecule has 0 aliphatic carbocycles. The molecule has 0 bridgehead atoms. The van der Waals surface area contributed by atoms with Crippen LogP contribution in [0.15, 0.2) is 24.3 Å². The SMILES string of the molecule is CCS(=O)(=O)CCCNC(C)c1ccccc1Cl. The van der Waals surface area contributed by atoms with Crippen molar-refractivity contribution in [2.75, 3.05) is 18.1 Å². The van der Waals surface area contributed by atoms with E-state index in [0.29, 0.717) is 13.0 Å². The van der Waals surface area contributed by atoms with Crippen molar-refractivity contribution >= 4 is 21.4 Å². The Morgan fingerprint density at radius 1 is 1.33 bits per heavy atom. The maximum absolute atomic E-state index is 11.3. The molecule has 3 nitrogen and oxygen atoms in total. The van der Waals surface area contributed by atoms with E-state index < -0.39 is 9.84 Å². The smallest absolute Gasteiger partial charge is 0.150 e. The normalized spacial score (nSPS) is 13.5. The van der Waals surface area contributed by atoms with Gasteiger partial charge in [0.05, 0.1) is 5.75 Å². The van der Waals surface area contributed by atoms with Crippen LogP contribution < -0.4 is 5.32 Å². The molecule has 0 radical (unpaired) electrons. The van der Waals surface area contributed by atoms with E-state index in [0.717, 1.165) is 10.6 Å². The summed E-state index contributed by atoms with van der Waals surface area (Å²) in [4.78, 5) is 0. The summed E-state index contributed by atoms with van der Waals surface area (Å²) < 4.78 is 22.6. The molecule has 1 atom stereocenters. The van der Waals surface area contributed by atoms with Gasteiger partial charge in [-0.15, -0.1) is 0 Å². The average Bonchev–Trinajstić information content (AvgIpc) is 2.35. The summed E-state index contributed by atoms with van der Waals surface area (Å²) >= 11 is 6.09. The van der Waals surface area contributed by atoms with E-state index in [1.165, 1.54) is 0 Å². The van der Waals surface area contributed by atoms with Gasteiger partial charge in [0, 0.05) is 16.8 Å². The first-order valence-corrected chi connectivity index (χ1v) is 8.34.